The second kappa shape index (κ2) is 7.39. The molecule has 6 heteroatoms. The second-order valence-corrected chi connectivity index (χ2v) is 6.07. The Hall–Kier alpha value is -2.49. The monoisotopic (exact) mass is 324 g/mol. The molecule has 0 spiro atoms. The number of aromatic nitrogens is 2. The van der Waals surface area contributed by atoms with Gasteiger partial charge in [0.25, 0.3) is 0 Å². The first kappa shape index (κ1) is 16.4. The molecule has 2 heterocycles. The van der Waals surface area contributed by atoms with Crippen LogP contribution in [0.3, 0.4) is 0 Å². The van der Waals surface area contributed by atoms with Gasteiger partial charge in [-0.2, -0.15) is 5.26 Å². The first-order chi connectivity index (χ1) is 11.7. The Bertz CT molecular complexity index is 691. The van der Waals surface area contributed by atoms with E-state index in [4.69, 9.17) is 10.00 Å². The number of rotatable bonds is 5. The molecule has 0 atom stereocenters. The summed E-state index contributed by atoms with van der Waals surface area (Å²) in [4.78, 5) is 2.01. The third-order valence-corrected chi connectivity index (χ3v) is 4.21. The fourth-order valence-electron chi connectivity index (χ4n) is 2.84. The van der Waals surface area contributed by atoms with Crippen molar-refractivity contribution in [2.45, 2.75) is 25.0 Å². The summed E-state index contributed by atoms with van der Waals surface area (Å²) in [7, 11) is 0. The Kier molecular flexibility index (Phi) is 5.04. The predicted octanol–water partition coefficient (Wildman–Crippen LogP) is 1.90. The van der Waals surface area contributed by atoms with E-state index in [1.54, 1.807) is 12.1 Å². The molecule has 1 aromatic heterocycles. The zero-order valence-corrected chi connectivity index (χ0v) is 13.4. The smallest absolute Gasteiger partial charge is 0.163 e. The lowest BCUT2D eigenvalue weighted by Gasteiger charge is -2.37. The van der Waals surface area contributed by atoms with E-state index in [1.807, 2.05) is 41.3 Å². The van der Waals surface area contributed by atoms with Gasteiger partial charge in [-0.05, 0) is 17.7 Å². The highest BCUT2D eigenvalue weighted by molar-refractivity contribution is 5.40. The maximum atomic E-state index is 10.9. The molecule has 1 saturated heterocycles. The summed E-state index contributed by atoms with van der Waals surface area (Å²) in [6.07, 6.45) is 1.20. The van der Waals surface area contributed by atoms with Crippen molar-refractivity contribution >= 4 is 5.82 Å². The van der Waals surface area contributed by atoms with Crippen LogP contribution in [-0.2, 0) is 11.3 Å². The van der Waals surface area contributed by atoms with Crippen molar-refractivity contribution in [1.29, 1.82) is 5.26 Å². The summed E-state index contributed by atoms with van der Waals surface area (Å²) in [6.45, 7) is 2.19. The van der Waals surface area contributed by atoms with Gasteiger partial charge in [0, 0.05) is 39.1 Å². The highest BCUT2D eigenvalue weighted by Crippen LogP contribution is 2.25. The van der Waals surface area contributed by atoms with E-state index in [0.29, 0.717) is 45.0 Å². The molecule has 0 unspecified atom stereocenters. The Balaban J connectivity index is 1.83. The van der Waals surface area contributed by atoms with Crippen molar-refractivity contribution in [3.05, 3.63) is 53.7 Å². The molecule has 2 aromatic rings. The number of ether oxygens (including phenoxy) is 1. The van der Waals surface area contributed by atoms with Crippen molar-refractivity contribution in [2.75, 3.05) is 24.7 Å². The van der Waals surface area contributed by atoms with Gasteiger partial charge in [-0.15, -0.1) is 10.2 Å². The van der Waals surface area contributed by atoms with E-state index in [2.05, 4.69) is 10.2 Å². The molecule has 1 aliphatic heterocycles. The molecule has 1 N–H and O–H groups in total. The van der Waals surface area contributed by atoms with Gasteiger partial charge in [0.2, 0.25) is 0 Å². The van der Waals surface area contributed by atoms with Crippen LogP contribution in [0.5, 0.6) is 0 Å². The van der Waals surface area contributed by atoms with E-state index < -0.39 is 5.60 Å². The van der Waals surface area contributed by atoms with Gasteiger partial charge < -0.3 is 14.7 Å². The van der Waals surface area contributed by atoms with Crippen molar-refractivity contribution in [3.8, 4) is 6.07 Å². The lowest BCUT2D eigenvalue weighted by Crippen LogP contribution is -2.47. The van der Waals surface area contributed by atoms with Gasteiger partial charge in [0.1, 0.15) is 6.07 Å². The molecule has 3 rings (SSSR count). The minimum atomic E-state index is -0.803. The Morgan fingerprint density at radius 3 is 2.50 bits per heavy atom. The summed E-state index contributed by atoms with van der Waals surface area (Å²) in [5.41, 5.74) is 0.602. The van der Waals surface area contributed by atoms with Gasteiger partial charge in [0.05, 0.1) is 5.60 Å². The molecule has 1 aromatic carbocycles. The first-order valence-corrected chi connectivity index (χ1v) is 8.01. The molecule has 0 bridgehead atoms. The predicted molar refractivity (Wildman–Crippen MR) is 89.2 cm³/mol. The molecule has 124 valence electrons. The van der Waals surface area contributed by atoms with Crippen LogP contribution < -0.4 is 4.90 Å². The lowest BCUT2D eigenvalue weighted by molar-refractivity contribution is -0.0580. The third-order valence-electron chi connectivity index (χ3n) is 4.21. The maximum Gasteiger partial charge on any atom is 0.163 e. The average molecular weight is 324 g/mol. The van der Waals surface area contributed by atoms with Crippen molar-refractivity contribution in [1.82, 2.24) is 10.2 Å². The molecular formula is C18H20N4O2. The van der Waals surface area contributed by atoms with Crippen LogP contribution in [0, 0.1) is 11.3 Å². The number of nitriles is 1. The number of hydrogen-bond acceptors (Lipinski definition) is 6. The zero-order chi connectivity index (χ0) is 16.8. The molecule has 1 fully saturated rings. The topological polar surface area (TPSA) is 82.3 Å². The SMILES string of the molecule is N#Cc1ccc(N(Cc2ccccc2)CC2(O)CCOCC2)nn1. The molecule has 1 aliphatic rings. The van der Waals surface area contributed by atoms with Crippen molar-refractivity contribution in [2.24, 2.45) is 0 Å². The van der Waals surface area contributed by atoms with Crippen LogP contribution >= 0.6 is 0 Å². The Labute approximate surface area is 141 Å². The number of nitrogens with zero attached hydrogens (tertiary/aromatic N) is 4. The summed E-state index contributed by atoms with van der Waals surface area (Å²) < 4.78 is 5.36. The van der Waals surface area contributed by atoms with Crippen LogP contribution in [0.1, 0.15) is 24.1 Å². The normalized spacial score (nSPS) is 16.3. The quantitative estimate of drug-likeness (QED) is 0.904. The lowest BCUT2D eigenvalue weighted by atomic mass is 9.93. The molecule has 0 amide bonds. The minimum Gasteiger partial charge on any atom is -0.388 e. The molecular weight excluding hydrogens is 304 g/mol. The van der Waals surface area contributed by atoms with Crippen LogP contribution in [0.15, 0.2) is 42.5 Å². The van der Waals surface area contributed by atoms with E-state index in [9.17, 15) is 5.11 Å². The van der Waals surface area contributed by atoms with Gasteiger partial charge >= 0.3 is 0 Å². The van der Waals surface area contributed by atoms with Gasteiger partial charge in [-0.25, -0.2) is 0 Å². The number of benzene rings is 1. The highest BCUT2D eigenvalue weighted by atomic mass is 16.5. The summed E-state index contributed by atoms with van der Waals surface area (Å²) >= 11 is 0. The van der Waals surface area contributed by atoms with Crippen molar-refractivity contribution in [3.63, 3.8) is 0 Å². The van der Waals surface area contributed by atoms with Gasteiger partial charge in [-0.3, -0.25) is 0 Å². The largest absolute Gasteiger partial charge is 0.388 e. The number of hydrogen-bond donors (Lipinski definition) is 1. The zero-order valence-electron chi connectivity index (χ0n) is 13.4. The number of aliphatic hydroxyl groups is 1. The summed E-state index contributed by atoms with van der Waals surface area (Å²) in [5.74, 6) is 0.651. The van der Waals surface area contributed by atoms with Crippen molar-refractivity contribution < 1.29 is 9.84 Å². The van der Waals surface area contributed by atoms with E-state index in [1.165, 1.54) is 0 Å². The first-order valence-electron chi connectivity index (χ1n) is 8.01. The molecule has 0 saturated carbocycles. The van der Waals surface area contributed by atoms with Gasteiger partial charge in [-0.1, -0.05) is 30.3 Å². The van der Waals surface area contributed by atoms with Crippen LogP contribution in [0.25, 0.3) is 0 Å². The standard InChI is InChI=1S/C18H20N4O2/c19-12-16-6-7-17(21-20-16)22(13-15-4-2-1-3-5-15)14-18(23)8-10-24-11-9-18/h1-7,23H,8-11,13-14H2. The summed E-state index contributed by atoms with van der Waals surface area (Å²) in [5, 5.41) is 27.8. The van der Waals surface area contributed by atoms with E-state index in [0.717, 1.165) is 5.56 Å². The van der Waals surface area contributed by atoms with Crippen LogP contribution in [-0.4, -0.2) is 40.7 Å². The van der Waals surface area contributed by atoms with Crippen LogP contribution in [0.2, 0.25) is 0 Å². The average Bonchev–Trinajstić information content (AvgIpc) is 2.62. The molecule has 0 radical (unpaired) electrons. The Morgan fingerprint density at radius 2 is 1.88 bits per heavy atom. The number of anilines is 1. The molecule has 6 nitrogen and oxygen atoms in total. The van der Waals surface area contributed by atoms with E-state index >= 15 is 0 Å². The Morgan fingerprint density at radius 1 is 1.12 bits per heavy atom. The fourth-order valence-corrected chi connectivity index (χ4v) is 2.84. The third kappa shape index (κ3) is 4.07. The minimum absolute atomic E-state index is 0.281. The maximum absolute atomic E-state index is 10.9. The summed E-state index contributed by atoms with van der Waals surface area (Å²) in [6, 6.07) is 15.4. The molecule has 0 aliphatic carbocycles. The second-order valence-electron chi connectivity index (χ2n) is 6.07. The molecule has 24 heavy (non-hydrogen) atoms. The van der Waals surface area contributed by atoms with E-state index in [-0.39, 0.29) is 5.69 Å². The van der Waals surface area contributed by atoms with Crippen LogP contribution in [0.4, 0.5) is 5.82 Å². The fraction of sp³-hybridized carbons (Fsp3) is 0.389. The highest BCUT2D eigenvalue weighted by Gasteiger charge is 2.32. The van der Waals surface area contributed by atoms with Gasteiger partial charge in [0.15, 0.2) is 11.5 Å².